The molecule has 3 rings (SSSR count). The van der Waals surface area contributed by atoms with Crippen molar-refractivity contribution >= 4 is 18.3 Å². The van der Waals surface area contributed by atoms with E-state index >= 15 is 0 Å². The summed E-state index contributed by atoms with van der Waals surface area (Å²) in [7, 11) is 0. The Balaban J connectivity index is 0.00000208. The van der Waals surface area contributed by atoms with Crippen LogP contribution in [0.2, 0.25) is 0 Å². The summed E-state index contributed by atoms with van der Waals surface area (Å²) in [6.45, 7) is 0. The number of hydrogen-bond acceptors (Lipinski definition) is 2. The minimum atomic E-state index is -4.53. The maximum Gasteiger partial charge on any atom is 0.417 e. The number of carbonyl (C=O) groups is 1. The Morgan fingerprint density at radius 3 is 2.29 bits per heavy atom. The van der Waals surface area contributed by atoms with Crippen LogP contribution in [-0.4, -0.2) is 18.0 Å². The van der Waals surface area contributed by atoms with Gasteiger partial charge in [0, 0.05) is 12.1 Å². The van der Waals surface area contributed by atoms with Crippen molar-refractivity contribution in [2.75, 3.05) is 0 Å². The number of carbonyl (C=O) groups excluding carboxylic acids is 1. The molecule has 7 heteroatoms. The standard InChI is InChI=1S/C17H21F3N2O.ClH/c18-17(19,20)14-7-2-1-6-13(14)16(23)22-15-10-4-3-5-11(15)9-12(21)8-10;/h1-2,6-7,10-12,15H,3-5,8-9,21H2,(H,22,23);1H. The molecule has 2 saturated carbocycles. The Hall–Kier alpha value is -1.27. The molecule has 2 bridgehead atoms. The van der Waals surface area contributed by atoms with Crippen LogP contribution >= 0.6 is 12.4 Å². The fourth-order valence-corrected chi connectivity index (χ4v) is 4.18. The zero-order valence-corrected chi connectivity index (χ0v) is 14.0. The summed E-state index contributed by atoms with van der Waals surface area (Å²) in [5.41, 5.74) is 4.87. The second kappa shape index (κ2) is 7.31. The molecular formula is C17H22ClF3N2O. The summed E-state index contributed by atoms with van der Waals surface area (Å²) in [5, 5.41) is 2.88. The molecule has 2 fully saturated rings. The van der Waals surface area contributed by atoms with Crippen molar-refractivity contribution < 1.29 is 18.0 Å². The molecule has 0 aromatic heterocycles. The van der Waals surface area contributed by atoms with Gasteiger partial charge in [-0.05, 0) is 49.7 Å². The minimum Gasteiger partial charge on any atom is -0.349 e. The molecule has 2 aliphatic carbocycles. The van der Waals surface area contributed by atoms with Crippen molar-refractivity contribution in [3.63, 3.8) is 0 Å². The Bertz CT molecular complexity index is 579. The molecule has 0 aliphatic heterocycles. The number of nitrogens with two attached hydrogens (primary N) is 1. The highest BCUT2D eigenvalue weighted by molar-refractivity contribution is 5.96. The molecule has 3 nitrogen and oxygen atoms in total. The van der Waals surface area contributed by atoms with E-state index in [0.29, 0.717) is 0 Å². The molecule has 3 N–H and O–H groups in total. The molecule has 0 heterocycles. The number of halogens is 4. The first-order valence-electron chi connectivity index (χ1n) is 8.09. The molecule has 2 atom stereocenters. The van der Waals surface area contributed by atoms with Gasteiger partial charge in [0.1, 0.15) is 0 Å². The van der Waals surface area contributed by atoms with Crippen molar-refractivity contribution in [1.29, 1.82) is 0 Å². The smallest absolute Gasteiger partial charge is 0.349 e. The van der Waals surface area contributed by atoms with Gasteiger partial charge in [0.2, 0.25) is 0 Å². The van der Waals surface area contributed by atoms with Crippen LogP contribution in [0, 0.1) is 11.8 Å². The summed E-state index contributed by atoms with van der Waals surface area (Å²) in [4.78, 5) is 12.5. The van der Waals surface area contributed by atoms with E-state index in [1.165, 1.54) is 18.2 Å². The van der Waals surface area contributed by atoms with E-state index in [2.05, 4.69) is 5.32 Å². The van der Waals surface area contributed by atoms with Crippen molar-refractivity contribution in [1.82, 2.24) is 5.32 Å². The van der Waals surface area contributed by atoms with Gasteiger partial charge in [-0.1, -0.05) is 18.6 Å². The van der Waals surface area contributed by atoms with Crippen LogP contribution in [0.15, 0.2) is 24.3 Å². The molecule has 1 aromatic carbocycles. The van der Waals surface area contributed by atoms with Crippen LogP contribution < -0.4 is 11.1 Å². The summed E-state index contributed by atoms with van der Waals surface area (Å²) in [6, 6.07) is 5.03. The first-order valence-corrected chi connectivity index (χ1v) is 8.09. The van der Waals surface area contributed by atoms with Gasteiger partial charge in [-0.2, -0.15) is 13.2 Å². The fourth-order valence-electron chi connectivity index (χ4n) is 4.18. The lowest BCUT2D eigenvalue weighted by Gasteiger charge is -2.45. The Labute approximate surface area is 145 Å². The number of alkyl halides is 3. The van der Waals surface area contributed by atoms with E-state index in [4.69, 9.17) is 5.73 Å². The first-order chi connectivity index (χ1) is 10.9. The second-order valence-corrected chi connectivity index (χ2v) is 6.73. The highest BCUT2D eigenvalue weighted by Crippen LogP contribution is 2.40. The van der Waals surface area contributed by atoms with Crippen LogP contribution in [-0.2, 0) is 6.18 Å². The van der Waals surface area contributed by atoms with Gasteiger partial charge in [0.05, 0.1) is 11.1 Å². The fraction of sp³-hybridized carbons (Fsp3) is 0.588. The van der Waals surface area contributed by atoms with Crippen molar-refractivity contribution in [3.05, 3.63) is 35.4 Å². The topological polar surface area (TPSA) is 55.1 Å². The number of hydrogen-bond donors (Lipinski definition) is 2. The van der Waals surface area contributed by atoms with Crippen LogP contribution in [0.5, 0.6) is 0 Å². The maximum atomic E-state index is 13.1. The van der Waals surface area contributed by atoms with Gasteiger partial charge in [0.15, 0.2) is 0 Å². The van der Waals surface area contributed by atoms with Gasteiger partial charge in [0.25, 0.3) is 5.91 Å². The van der Waals surface area contributed by atoms with Crippen molar-refractivity contribution in [3.8, 4) is 0 Å². The predicted molar refractivity (Wildman–Crippen MR) is 88.0 cm³/mol. The average molecular weight is 363 g/mol. The van der Waals surface area contributed by atoms with Gasteiger partial charge in [-0.3, -0.25) is 4.79 Å². The maximum absolute atomic E-state index is 13.1. The second-order valence-electron chi connectivity index (χ2n) is 6.73. The first kappa shape index (κ1) is 19.1. The molecule has 1 aromatic rings. The molecule has 2 aliphatic rings. The number of nitrogens with one attached hydrogen (secondary N) is 1. The molecule has 1 amide bonds. The van der Waals surface area contributed by atoms with Crippen LogP contribution in [0.3, 0.4) is 0 Å². The predicted octanol–water partition coefficient (Wildman–Crippen LogP) is 3.76. The number of benzene rings is 1. The normalized spacial score (nSPS) is 29.5. The SMILES string of the molecule is Cl.NC1CC2CCCC(C1)C2NC(=O)c1ccccc1C(F)(F)F. The summed E-state index contributed by atoms with van der Waals surface area (Å²) < 4.78 is 39.2. The number of amides is 1. The molecule has 0 radical (unpaired) electrons. The van der Waals surface area contributed by atoms with Gasteiger partial charge >= 0.3 is 6.18 Å². The lowest BCUT2D eigenvalue weighted by Crippen LogP contribution is -2.53. The summed E-state index contributed by atoms with van der Waals surface area (Å²) in [5.74, 6) is -0.0747. The summed E-state index contributed by atoms with van der Waals surface area (Å²) in [6.07, 6.45) is 0.211. The van der Waals surface area contributed by atoms with Crippen LogP contribution in [0.25, 0.3) is 0 Å². The molecule has 24 heavy (non-hydrogen) atoms. The Kier molecular flexibility index (Phi) is 5.81. The highest BCUT2D eigenvalue weighted by Gasteiger charge is 2.41. The number of fused-ring (bicyclic) bond motifs is 2. The zero-order valence-electron chi connectivity index (χ0n) is 13.2. The van der Waals surface area contributed by atoms with Gasteiger partial charge in [-0.25, -0.2) is 0 Å². The third-order valence-corrected chi connectivity index (χ3v) is 5.15. The Morgan fingerprint density at radius 1 is 1.12 bits per heavy atom. The van der Waals surface area contributed by atoms with E-state index in [9.17, 15) is 18.0 Å². The van der Waals surface area contributed by atoms with E-state index in [0.717, 1.165) is 38.2 Å². The van der Waals surface area contributed by atoms with E-state index in [1.54, 1.807) is 0 Å². The molecular weight excluding hydrogens is 341 g/mol. The average Bonchev–Trinajstić information content (AvgIpc) is 2.47. The van der Waals surface area contributed by atoms with Gasteiger partial charge < -0.3 is 11.1 Å². The minimum absolute atomic E-state index is 0. The molecule has 0 saturated heterocycles. The monoisotopic (exact) mass is 362 g/mol. The van der Waals surface area contributed by atoms with E-state index < -0.39 is 17.6 Å². The van der Waals surface area contributed by atoms with E-state index in [-0.39, 0.29) is 41.9 Å². The van der Waals surface area contributed by atoms with Gasteiger partial charge in [-0.15, -0.1) is 12.4 Å². The highest BCUT2D eigenvalue weighted by atomic mass is 35.5. The zero-order chi connectivity index (χ0) is 16.6. The molecule has 134 valence electrons. The quantitative estimate of drug-likeness (QED) is 0.841. The van der Waals surface area contributed by atoms with Crippen LogP contribution in [0.4, 0.5) is 13.2 Å². The lowest BCUT2D eigenvalue weighted by atomic mass is 9.67. The lowest BCUT2D eigenvalue weighted by molar-refractivity contribution is -0.137. The molecule has 0 spiro atoms. The Morgan fingerprint density at radius 2 is 1.71 bits per heavy atom. The third-order valence-electron chi connectivity index (χ3n) is 5.15. The van der Waals surface area contributed by atoms with Crippen molar-refractivity contribution in [2.45, 2.75) is 50.4 Å². The van der Waals surface area contributed by atoms with Crippen LogP contribution in [0.1, 0.15) is 48.0 Å². The largest absolute Gasteiger partial charge is 0.417 e. The van der Waals surface area contributed by atoms with E-state index in [1.807, 2.05) is 0 Å². The number of rotatable bonds is 2. The third kappa shape index (κ3) is 3.86. The molecule has 2 unspecified atom stereocenters. The summed E-state index contributed by atoms with van der Waals surface area (Å²) >= 11 is 0. The van der Waals surface area contributed by atoms with Crippen molar-refractivity contribution in [2.24, 2.45) is 17.6 Å².